The molecule has 17 heavy (non-hydrogen) atoms. The molecule has 1 aromatic carbocycles. The van der Waals surface area contributed by atoms with Crippen LogP contribution in [0.1, 0.15) is 30.6 Å². The molecule has 2 N–H and O–H groups in total. The number of benzene rings is 1. The van der Waals surface area contributed by atoms with Gasteiger partial charge in [-0.25, -0.2) is 0 Å². The zero-order valence-corrected chi connectivity index (χ0v) is 9.85. The van der Waals surface area contributed by atoms with Crippen LogP contribution in [-0.4, -0.2) is 17.7 Å². The van der Waals surface area contributed by atoms with Crippen LogP contribution in [0.3, 0.4) is 0 Å². The molecule has 3 heteroatoms. The van der Waals surface area contributed by atoms with Crippen molar-refractivity contribution in [1.29, 1.82) is 5.26 Å². The monoisotopic (exact) mass is 228 g/mol. The molecular formula is C14H16N2O. The number of aliphatic hydroxyl groups is 1. The van der Waals surface area contributed by atoms with Crippen LogP contribution in [0, 0.1) is 23.7 Å². The van der Waals surface area contributed by atoms with Crippen molar-refractivity contribution in [3.63, 3.8) is 0 Å². The SMILES string of the molecule is C#CCC(C)NCC(O)c1ccc(C#N)cc1. The molecule has 0 aromatic heterocycles. The summed E-state index contributed by atoms with van der Waals surface area (Å²) in [6, 6.07) is 9.15. The second-order valence-corrected chi connectivity index (χ2v) is 3.97. The Morgan fingerprint density at radius 1 is 1.41 bits per heavy atom. The second kappa shape index (κ2) is 6.70. The Kier molecular flexibility index (Phi) is 5.23. The summed E-state index contributed by atoms with van der Waals surface area (Å²) in [6.45, 7) is 2.43. The van der Waals surface area contributed by atoms with E-state index in [-0.39, 0.29) is 6.04 Å². The van der Waals surface area contributed by atoms with Gasteiger partial charge in [0.15, 0.2) is 0 Å². The minimum Gasteiger partial charge on any atom is -0.387 e. The number of hydrogen-bond donors (Lipinski definition) is 2. The topological polar surface area (TPSA) is 56.0 Å². The Morgan fingerprint density at radius 3 is 2.59 bits per heavy atom. The molecule has 0 aliphatic rings. The third-order valence-electron chi connectivity index (χ3n) is 2.51. The molecule has 2 atom stereocenters. The highest BCUT2D eigenvalue weighted by Gasteiger charge is 2.08. The van der Waals surface area contributed by atoms with E-state index in [0.717, 1.165) is 5.56 Å². The Balaban J connectivity index is 2.50. The minimum absolute atomic E-state index is 0.188. The lowest BCUT2D eigenvalue weighted by Gasteiger charge is -2.15. The van der Waals surface area contributed by atoms with Crippen LogP contribution in [0.4, 0.5) is 0 Å². The lowest BCUT2D eigenvalue weighted by molar-refractivity contribution is 0.171. The maximum absolute atomic E-state index is 9.90. The van der Waals surface area contributed by atoms with Crippen LogP contribution in [0.5, 0.6) is 0 Å². The molecule has 0 aliphatic carbocycles. The summed E-state index contributed by atoms with van der Waals surface area (Å²) < 4.78 is 0. The summed E-state index contributed by atoms with van der Waals surface area (Å²) >= 11 is 0. The third kappa shape index (κ3) is 4.28. The van der Waals surface area contributed by atoms with Crippen LogP contribution >= 0.6 is 0 Å². The van der Waals surface area contributed by atoms with Crippen molar-refractivity contribution in [3.8, 4) is 18.4 Å². The minimum atomic E-state index is -0.581. The first-order valence-corrected chi connectivity index (χ1v) is 5.52. The number of rotatable bonds is 5. The van der Waals surface area contributed by atoms with Gasteiger partial charge >= 0.3 is 0 Å². The molecule has 1 aromatic rings. The lowest BCUT2D eigenvalue weighted by Crippen LogP contribution is -2.30. The van der Waals surface area contributed by atoms with Gasteiger partial charge in [-0.1, -0.05) is 12.1 Å². The molecule has 0 bridgehead atoms. The number of nitrogens with one attached hydrogen (secondary N) is 1. The molecule has 0 aliphatic heterocycles. The molecule has 0 saturated carbocycles. The van der Waals surface area contributed by atoms with Crippen LogP contribution in [-0.2, 0) is 0 Å². The van der Waals surface area contributed by atoms with Crippen molar-refractivity contribution in [2.24, 2.45) is 0 Å². The van der Waals surface area contributed by atoms with Crippen molar-refractivity contribution in [1.82, 2.24) is 5.32 Å². The van der Waals surface area contributed by atoms with Crippen LogP contribution < -0.4 is 5.32 Å². The van der Waals surface area contributed by atoms with Crippen molar-refractivity contribution < 1.29 is 5.11 Å². The van der Waals surface area contributed by atoms with Gasteiger partial charge in [0.2, 0.25) is 0 Å². The first-order chi connectivity index (χ1) is 8.17. The zero-order valence-electron chi connectivity index (χ0n) is 9.85. The van der Waals surface area contributed by atoms with Crippen molar-refractivity contribution in [3.05, 3.63) is 35.4 Å². The lowest BCUT2D eigenvalue weighted by atomic mass is 10.1. The first kappa shape index (κ1) is 13.3. The largest absolute Gasteiger partial charge is 0.387 e. The molecule has 2 unspecified atom stereocenters. The van der Waals surface area contributed by atoms with E-state index < -0.39 is 6.10 Å². The number of hydrogen-bond acceptors (Lipinski definition) is 3. The Bertz CT molecular complexity index is 425. The second-order valence-electron chi connectivity index (χ2n) is 3.97. The van der Waals surface area contributed by atoms with Gasteiger partial charge in [-0.15, -0.1) is 12.3 Å². The molecular weight excluding hydrogens is 212 g/mol. The fourth-order valence-corrected chi connectivity index (χ4v) is 1.46. The number of terminal acetylenes is 1. The third-order valence-corrected chi connectivity index (χ3v) is 2.51. The highest BCUT2D eigenvalue weighted by Crippen LogP contribution is 2.12. The highest BCUT2D eigenvalue weighted by molar-refractivity contribution is 5.32. The Hall–Kier alpha value is -1.81. The van der Waals surface area contributed by atoms with Gasteiger partial charge in [-0.2, -0.15) is 5.26 Å². The smallest absolute Gasteiger partial charge is 0.0991 e. The summed E-state index contributed by atoms with van der Waals surface area (Å²) in [7, 11) is 0. The van der Waals surface area contributed by atoms with E-state index in [1.807, 2.05) is 13.0 Å². The van der Waals surface area contributed by atoms with Gasteiger partial charge in [-0.3, -0.25) is 0 Å². The van der Waals surface area contributed by atoms with E-state index in [1.54, 1.807) is 24.3 Å². The van der Waals surface area contributed by atoms with Gasteiger partial charge in [0.05, 0.1) is 17.7 Å². The number of nitrogens with zero attached hydrogens (tertiary/aromatic N) is 1. The van der Waals surface area contributed by atoms with E-state index in [4.69, 9.17) is 11.7 Å². The molecule has 0 fully saturated rings. The predicted molar refractivity (Wildman–Crippen MR) is 67.0 cm³/mol. The average Bonchev–Trinajstić information content (AvgIpc) is 2.36. The van der Waals surface area contributed by atoms with Crippen LogP contribution in [0.15, 0.2) is 24.3 Å². The van der Waals surface area contributed by atoms with Gasteiger partial charge in [0.25, 0.3) is 0 Å². The van der Waals surface area contributed by atoms with Gasteiger partial charge in [0, 0.05) is 19.0 Å². The highest BCUT2D eigenvalue weighted by atomic mass is 16.3. The van der Waals surface area contributed by atoms with E-state index >= 15 is 0 Å². The summed E-state index contributed by atoms with van der Waals surface area (Å²) in [4.78, 5) is 0. The molecule has 0 saturated heterocycles. The molecule has 0 spiro atoms. The van der Waals surface area contributed by atoms with Crippen molar-refractivity contribution in [2.75, 3.05) is 6.54 Å². The maximum atomic E-state index is 9.90. The van der Waals surface area contributed by atoms with E-state index in [2.05, 4.69) is 11.2 Å². The average molecular weight is 228 g/mol. The fraction of sp³-hybridized carbons (Fsp3) is 0.357. The van der Waals surface area contributed by atoms with E-state index in [9.17, 15) is 5.11 Å². The molecule has 1 rings (SSSR count). The maximum Gasteiger partial charge on any atom is 0.0991 e. The number of nitriles is 1. The van der Waals surface area contributed by atoms with Crippen molar-refractivity contribution >= 4 is 0 Å². The molecule has 88 valence electrons. The normalized spacial score (nSPS) is 13.4. The summed E-state index contributed by atoms with van der Waals surface area (Å²) in [5.74, 6) is 2.57. The summed E-state index contributed by atoms with van der Waals surface area (Å²) in [6.07, 6.45) is 5.25. The Labute approximate surface area is 102 Å². The van der Waals surface area contributed by atoms with Crippen LogP contribution in [0.25, 0.3) is 0 Å². The summed E-state index contributed by atoms with van der Waals surface area (Å²) in [5.41, 5.74) is 1.39. The van der Waals surface area contributed by atoms with Gasteiger partial charge < -0.3 is 10.4 Å². The quantitative estimate of drug-likeness (QED) is 0.752. The van der Waals surface area contributed by atoms with Crippen LogP contribution in [0.2, 0.25) is 0 Å². The summed E-state index contributed by atoms with van der Waals surface area (Å²) in [5, 5.41) is 21.7. The standard InChI is InChI=1S/C14H16N2O/c1-3-4-11(2)16-10-14(17)13-7-5-12(9-15)6-8-13/h1,5-8,11,14,16-17H,4,10H2,2H3. The van der Waals surface area contributed by atoms with E-state index in [1.165, 1.54) is 0 Å². The van der Waals surface area contributed by atoms with E-state index in [0.29, 0.717) is 18.5 Å². The zero-order chi connectivity index (χ0) is 12.7. The Morgan fingerprint density at radius 2 is 2.06 bits per heavy atom. The first-order valence-electron chi connectivity index (χ1n) is 5.52. The molecule has 0 amide bonds. The number of aliphatic hydroxyl groups excluding tert-OH is 1. The predicted octanol–water partition coefficient (Wildman–Crippen LogP) is 1.59. The van der Waals surface area contributed by atoms with Gasteiger partial charge in [0.1, 0.15) is 0 Å². The fourth-order valence-electron chi connectivity index (χ4n) is 1.46. The van der Waals surface area contributed by atoms with Gasteiger partial charge in [-0.05, 0) is 24.6 Å². The molecule has 3 nitrogen and oxygen atoms in total. The molecule has 0 radical (unpaired) electrons. The molecule has 0 heterocycles. The van der Waals surface area contributed by atoms with Crippen molar-refractivity contribution in [2.45, 2.75) is 25.5 Å².